The Kier molecular flexibility index (Phi) is 6.22. The monoisotopic (exact) mass is 422 g/mol. The summed E-state index contributed by atoms with van der Waals surface area (Å²) < 4.78 is 1.94. The van der Waals surface area contributed by atoms with Crippen molar-refractivity contribution in [2.75, 3.05) is 5.32 Å². The van der Waals surface area contributed by atoms with E-state index in [0.29, 0.717) is 17.1 Å². The summed E-state index contributed by atoms with van der Waals surface area (Å²) >= 11 is 1.35. The number of primary amides is 1. The van der Waals surface area contributed by atoms with Crippen LogP contribution in [0.5, 0.6) is 0 Å². The van der Waals surface area contributed by atoms with Crippen molar-refractivity contribution in [2.45, 2.75) is 41.2 Å². The molecule has 6 nitrogen and oxygen atoms in total. The van der Waals surface area contributed by atoms with E-state index in [-0.39, 0.29) is 5.91 Å². The molecule has 2 aromatic heterocycles. The molecule has 0 fully saturated rings. The van der Waals surface area contributed by atoms with Gasteiger partial charge >= 0.3 is 0 Å². The van der Waals surface area contributed by atoms with Crippen molar-refractivity contribution in [3.8, 4) is 0 Å². The number of nitrogens with zero attached hydrogens (tertiary/aromatic N) is 2. The average Bonchev–Trinajstić information content (AvgIpc) is 3.10. The van der Waals surface area contributed by atoms with E-state index < -0.39 is 5.91 Å². The first-order chi connectivity index (χ1) is 14.2. The van der Waals surface area contributed by atoms with Crippen LogP contribution in [0.15, 0.2) is 30.3 Å². The van der Waals surface area contributed by atoms with Gasteiger partial charge in [0.2, 0.25) is 5.91 Å². The molecule has 7 heteroatoms. The van der Waals surface area contributed by atoms with Gasteiger partial charge in [0.15, 0.2) is 0 Å². The van der Waals surface area contributed by atoms with Gasteiger partial charge in [0.25, 0.3) is 5.91 Å². The van der Waals surface area contributed by atoms with Gasteiger partial charge in [0.05, 0.1) is 17.8 Å². The first kappa shape index (κ1) is 21.5. The van der Waals surface area contributed by atoms with Gasteiger partial charge in [0, 0.05) is 22.2 Å². The quantitative estimate of drug-likeness (QED) is 0.581. The van der Waals surface area contributed by atoms with Gasteiger partial charge in [-0.05, 0) is 51.8 Å². The van der Waals surface area contributed by atoms with Crippen molar-refractivity contribution in [1.82, 2.24) is 9.78 Å². The number of nitrogens with two attached hydrogens (primary N) is 1. The van der Waals surface area contributed by atoms with Gasteiger partial charge in [0.1, 0.15) is 5.00 Å². The lowest BCUT2D eigenvalue weighted by Gasteiger charge is -2.05. The zero-order chi connectivity index (χ0) is 22.0. The molecule has 3 N–H and O–H groups in total. The summed E-state index contributed by atoms with van der Waals surface area (Å²) in [5.74, 6) is -0.857. The normalized spacial score (nSPS) is 11.2. The highest BCUT2D eigenvalue weighted by Gasteiger charge is 2.18. The molecule has 0 spiro atoms. The van der Waals surface area contributed by atoms with Crippen molar-refractivity contribution in [3.63, 3.8) is 0 Å². The summed E-state index contributed by atoms with van der Waals surface area (Å²) in [4.78, 5) is 25.1. The number of benzene rings is 1. The number of hydrogen-bond acceptors (Lipinski definition) is 4. The lowest BCUT2D eigenvalue weighted by Crippen LogP contribution is -2.16. The number of carbonyl (C=O) groups is 2. The van der Waals surface area contributed by atoms with Crippen LogP contribution in [0.4, 0.5) is 5.00 Å². The Morgan fingerprint density at radius 3 is 2.43 bits per heavy atom. The van der Waals surface area contributed by atoms with Gasteiger partial charge in [-0.25, -0.2) is 0 Å². The lowest BCUT2D eigenvalue weighted by molar-refractivity contribution is -0.111. The van der Waals surface area contributed by atoms with E-state index in [9.17, 15) is 9.59 Å². The number of hydrogen-bond donors (Lipinski definition) is 2. The molecule has 0 atom stereocenters. The van der Waals surface area contributed by atoms with Crippen LogP contribution < -0.4 is 11.1 Å². The molecule has 0 saturated carbocycles. The Hall–Kier alpha value is -3.19. The minimum absolute atomic E-state index is 0.316. The molecule has 0 bridgehead atoms. The van der Waals surface area contributed by atoms with E-state index >= 15 is 0 Å². The number of amides is 2. The number of carbonyl (C=O) groups excluding carboxylic acids is 2. The van der Waals surface area contributed by atoms with Crippen LogP contribution >= 0.6 is 11.3 Å². The van der Waals surface area contributed by atoms with Gasteiger partial charge in [-0.15, -0.1) is 11.3 Å². The first-order valence-electron chi connectivity index (χ1n) is 9.65. The van der Waals surface area contributed by atoms with Gasteiger partial charge in [-0.3, -0.25) is 14.3 Å². The molecule has 0 aliphatic heterocycles. The standard InChI is InChI=1S/C23H26N4O2S/c1-13-6-8-18(9-7-13)12-27-16(4)19(15(3)26-27)10-11-20(28)25-23-21(22(24)29)14(2)17(5)30-23/h6-11H,12H2,1-5H3,(H2,24,29)(H,25,28)/b11-10+. The van der Waals surface area contributed by atoms with Crippen molar-refractivity contribution < 1.29 is 9.59 Å². The Balaban J connectivity index is 1.77. The van der Waals surface area contributed by atoms with Crippen LogP contribution in [0.25, 0.3) is 6.08 Å². The summed E-state index contributed by atoms with van der Waals surface area (Å²) in [7, 11) is 0. The number of thiophene rings is 1. The number of aromatic nitrogens is 2. The van der Waals surface area contributed by atoms with E-state index in [1.807, 2.05) is 32.4 Å². The van der Waals surface area contributed by atoms with Crippen LogP contribution in [0.1, 0.15) is 48.9 Å². The highest BCUT2D eigenvalue weighted by Crippen LogP contribution is 2.32. The van der Waals surface area contributed by atoms with Crippen molar-refractivity contribution >= 4 is 34.2 Å². The molecule has 0 unspecified atom stereocenters. The maximum absolute atomic E-state index is 12.5. The largest absolute Gasteiger partial charge is 0.365 e. The van der Waals surface area contributed by atoms with Crippen LogP contribution in [-0.2, 0) is 11.3 Å². The zero-order valence-electron chi connectivity index (χ0n) is 17.9. The number of rotatable bonds is 6. The SMILES string of the molecule is Cc1ccc(Cn2nc(C)c(/C=C/C(=O)Nc3sc(C)c(C)c3C(N)=O)c2C)cc1. The van der Waals surface area contributed by atoms with Crippen LogP contribution in [0.3, 0.4) is 0 Å². The maximum atomic E-state index is 12.5. The molecule has 0 aliphatic rings. The smallest absolute Gasteiger partial charge is 0.251 e. The topological polar surface area (TPSA) is 90.0 Å². The van der Waals surface area contributed by atoms with E-state index in [0.717, 1.165) is 27.4 Å². The fraction of sp³-hybridized carbons (Fsp3) is 0.261. The molecule has 30 heavy (non-hydrogen) atoms. The van der Waals surface area contributed by atoms with Gasteiger partial charge in [-0.2, -0.15) is 5.10 Å². The van der Waals surface area contributed by atoms with Crippen LogP contribution in [0.2, 0.25) is 0 Å². The van der Waals surface area contributed by atoms with E-state index in [1.54, 1.807) is 6.08 Å². The van der Waals surface area contributed by atoms with E-state index in [1.165, 1.54) is 28.5 Å². The summed E-state index contributed by atoms with van der Waals surface area (Å²) in [6.45, 7) is 10.4. The third-order valence-corrected chi connectivity index (χ3v) is 6.28. The zero-order valence-corrected chi connectivity index (χ0v) is 18.7. The van der Waals surface area contributed by atoms with Gasteiger partial charge < -0.3 is 11.1 Å². The number of anilines is 1. The molecule has 2 amide bonds. The maximum Gasteiger partial charge on any atom is 0.251 e. The average molecular weight is 423 g/mol. The Labute approximate surface area is 180 Å². The second-order valence-corrected chi connectivity index (χ2v) is 8.63. The second-order valence-electron chi connectivity index (χ2n) is 7.40. The molecule has 3 rings (SSSR count). The summed E-state index contributed by atoms with van der Waals surface area (Å²) in [6.07, 6.45) is 3.22. The molecule has 156 valence electrons. The molecule has 2 heterocycles. The molecule has 3 aromatic rings. The highest BCUT2D eigenvalue weighted by atomic mass is 32.1. The van der Waals surface area contributed by atoms with Crippen LogP contribution in [0, 0.1) is 34.6 Å². The molecule has 0 radical (unpaired) electrons. The Morgan fingerprint density at radius 1 is 1.13 bits per heavy atom. The Bertz CT molecular complexity index is 1140. The molecular formula is C23H26N4O2S. The highest BCUT2D eigenvalue weighted by molar-refractivity contribution is 7.16. The van der Waals surface area contributed by atoms with Crippen molar-refractivity contribution in [2.24, 2.45) is 5.73 Å². The van der Waals surface area contributed by atoms with Crippen molar-refractivity contribution in [3.05, 3.63) is 74.4 Å². The third kappa shape index (κ3) is 4.52. The van der Waals surface area contributed by atoms with Crippen LogP contribution in [-0.4, -0.2) is 21.6 Å². The summed E-state index contributed by atoms with van der Waals surface area (Å²) in [5, 5.41) is 7.88. The predicted octanol–water partition coefficient (Wildman–Crippen LogP) is 4.29. The van der Waals surface area contributed by atoms with Crippen molar-refractivity contribution in [1.29, 1.82) is 0 Å². The fourth-order valence-electron chi connectivity index (χ4n) is 3.30. The minimum atomic E-state index is -0.541. The molecule has 1 aromatic carbocycles. The third-order valence-electron chi connectivity index (χ3n) is 5.16. The Morgan fingerprint density at radius 2 is 1.80 bits per heavy atom. The fourth-order valence-corrected chi connectivity index (χ4v) is 4.37. The molecule has 0 aliphatic carbocycles. The molecular weight excluding hydrogens is 396 g/mol. The summed E-state index contributed by atoms with van der Waals surface area (Å²) in [6, 6.07) is 8.35. The second kappa shape index (κ2) is 8.67. The van der Waals surface area contributed by atoms with E-state index in [2.05, 4.69) is 41.6 Å². The molecule has 0 saturated heterocycles. The summed E-state index contributed by atoms with van der Waals surface area (Å²) in [5.41, 5.74) is 11.8. The first-order valence-corrected chi connectivity index (χ1v) is 10.5. The minimum Gasteiger partial charge on any atom is -0.365 e. The lowest BCUT2D eigenvalue weighted by atomic mass is 10.1. The van der Waals surface area contributed by atoms with E-state index in [4.69, 9.17) is 5.73 Å². The number of nitrogens with one attached hydrogen (secondary N) is 1. The predicted molar refractivity (Wildman–Crippen MR) is 122 cm³/mol. The number of aryl methyl sites for hydroxylation is 3. The van der Waals surface area contributed by atoms with Gasteiger partial charge in [-0.1, -0.05) is 29.8 Å².